The predicted molar refractivity (Wildman–Crippen MR) is 136 cm³/mol. The lowest BCUT2D eigenvalue weighted by Gasteiger charge is -2.39. The molecule has 1 heterocycles. The minimum atomic E-state index is -0.409. The number of rotatable bonds is 7. The first-order valence-electron chi connectivity index (χ1n) is 11.6. The topological polar surface area (TPSA) is 61.9 Å². The summed E-state index contributed by atoms with van der Waals surface area (Å²) in [6, 6.07) is 23.0. The number of anilines is 2. The Labute approximate surface area is 201 Å². The lowest BCUT2D eigenvalue weighted by atomic mass is 10.0. The third-order valence-corrected chi connectivity index (χ3v) is 6.29. The number of ether oxygens (including phenoxy) is 1. The first-order chi connectivity index (χ1) is 16.5. The zero-order valence-electron chi connectivity index (χ0n) is 20.0. The maximum absolute atomic E-state index is 13.6. The zero-order valence-corrected chi connectivity index (χ0v) is 20.0. The van der Waals surface area contributed by atoms with Crippen molar-refractivity contribution >= 4 is 23.1 Å². The predicted octanol–water partition coefficient (Wildman–Crippen LogP) is 4.71. The number of carbonyl (C=O) groups excluding carboxylic acids is 2. The lowest BCUT2D eigenvalue weighted by molar-refractivity contribution is -0.121. The molecule has 0 aromatic heterocycles. The van der Waals surface area contributed by atoms with Gasteiger partial charge in [0.1, 0.15) is 11.8 Å². The van der Waals surface area contributed by atoms with E-state index >= 15 is 0 Å². The van der Waals surface area contributed by atoms with Crippen molar-refractivity contribution in [2.24, 2.45) is 0 Å². The standard InChI is InChI=1S/C28H31N3O3/c1-20-9-14-26(34-3)25(19-20)29-28(33)27(23-7-5-4-6-8-23)31-17-15-30(16-18-31)24-12-10-22(11-13-24)21(2)32/h4-14,19,27H,15-18H2,1-3H3,(H,29,33). The van der Waals surface area contributed by atoms with Crippen LogP contribution in [0.2, 0.25) is 0 Å². The van der Waals surface area contributed by atoms with Gasteiger partial charge in [-0.2, -0.15) is 0 Å². The smallest absolute Gasteiger partial charge is 0.246 e. The molecule has 1 unspecified atom stereocenters. The molecule has 34 heavy (non-hydrogen) atoms. The van der Waals surface area contributed by atoms with Gasteiger partial charge in [0.15, 0.2) is 5.78 Å². The number of aryl methyl sites for hydroxylation is 1. The van der Waals surface area contributed by atoms with Crippen LogP contribution in [-0.4, -0.2) is 49.9 Å². The molecule has 1 fully saturated rings. The van der Waals surface area contributed by atoms with Crippen molar-refractivity contribution in [3.05, 3.63) is 89.5 Å². The van der Waals surface area contributed by atoms with Crippen LogP contribution in [0.3, 0.4) is 0 Å². The Morgan fingerprint density at radius 2 is 1.59 bits per heavy atom. The molecular weight excluding hydrogens is 426 g/mol. The van der Waals surface area contributed by atoms with Gasteiger partial charge in [0.2, 0.25) is 5.91 Å². The van der Waals surface area contributed by atoms with Gasteiger partial charge >= 0.3 is 0 Å². The van der Waals surface area contributed by atoms with Gasteiger partial charge in [-0.05, 0) is 61.4 Å². The van der Waals surface area contributed by atoms with Crippen LogP contribution in [0.5, 0.6) is 5.75 Å². The average Bonchev–Trinajstić information content (AvgIpc) is 2.85. The minimum Gasteiger partial charge on any atom is -0.495 e. The average molecular weight is 458 g/mol. The molecule has 1 saturated heterocycles. The third kappa shape index (κ3) is 5.29. The van der Waals surface area contributed by atoms with Crippen LogP contribution in [0.25, 0.3) is 0 Å². The molecular formula is C28H31N3O3. The van der Waals surface area contributed by atoms with Gasteiger partial charge in [0.05, 0.1) is 12.8 Å². The van der Waals surface area contributed by atoms with Gasteiger partial charge in [-0.15, -0.1) is 0 Å². The van der Waals surface area contributed by atoms with Crippen molar-refractivity contribution in [1.29, 1.82) is 0 Å². The molecule has 6 heteroatoms. The summed E-state index contributed by atoms with van der Waals surface area (Å²) >= 11 is 0. The number of hydrogen-bond donors (Lipinski definition) is 1. The third-order valence-electron chi connectivity index (χ3n) is 6.29. The first-order valence-corrected chi connectivity index (χ1v) is 11.6. The zero-order chi connectivity index (χ0) is 24.1. The molecule has 0 bridgehead atoms. The maximum Gasteiger partial charge on any atom is 0.246 e. The van der Waals surface area contributed by atoms with Gasteiger partial charge in [0.25, 0.3) is 0 Å². The largest absolute Gasteiger partial charge is 0.495 e. The molecule has 0 aliphatic carbocycles. The van der Waals surface area contributed by atoms with Crippen LogP contribution in [0.4, 0.5) is 11.4 Å². The molecule has 176 valence electrons. The summed E-state index contributed by atoms with van der Waals surface area (Å²) in [5.41, 5.74) is 4.50. The van der Waals surface area contributed by atoms with Crippen LogP contribution < -0.4 is 15.0 Å². The fourth-order valence-corrected chi connectivity index (χ4v) is 4.43. The number of nitrogens with zero attached hydrogens (tertiary/aromatic N) is 2. The molecule has 1 N–H and O–H groups in total. The Hall–Kier alpha value is -3.64. The Morgan fingerprint density at radius 1 is 0.912 bits per heavy atom. The van der Waals surface area contributed by atoms with Gasteiger partial charge < -0.3 is 15.0 Å². The summed E-state index contributed by atoms with van der Waals surface area (Å²) in [6.07, 6.45) is 0. The Bertz CT molecular complexity index is 1140. The SMILES string of the molecule is COc1ccc(C)cc1NC(=O)C(c1ccccc1)N1CCN(c2ccc(C(C)=O)cc2)CC1. The van der Waals surface area contributed by atoms with Crippen LogP contribution in [0.15, 0.2) is 72.8 Å². The number of ketones is 1. The summed E-state index contributed by atoms with van der Waals surface area (Å²) in [6.45, 7) is 6.65. The fraction of sp³-hybridized carbons (Fsp3) is 0.286. The highest BCUT2D eigenvalue weighted by molar-refractivity contribution is 5.97. The highest BCUT2D eigenvalue weighted by Crippen LogP contribution is 2.30. The highest BCUT2D eigenvalue weighted by Gasteiger charge is 2.31. The van der Waals surface area contributed by atoms with E-state index in [1.807, 2.05) is 79.7 Å². The van der Waals surface area contributed by atoms with Gasteiger partial charge in [-0.25, -0.2) is 0 Å². The van der Waals surface area contributed by atoms with E-state index in [0.717, 1.165) is 48.6 Å². The second-order valence-corrected chi connectivity index (χ2v) is 8.63. The van der Waals surface area contributed by atoms with Crippen LogP contribution in [-0.2, 0) is 4.79 Å². The number of methoxy groups -OCH3 is 1. The van der Waals surface area contributed by atoms with Crippen LogP contribution in [0.1, 0.15) is 34.5 Å². The van der Waals surface area contributed by atoms with E-state index in [-0.39, 0.29) is 11.7 Å². The van der Waals surface area contributed by atoms with Crippen molar-refractivity contribution in [2.75, 3.05) is 43.5 Å². The molecule has 1 aliphatic rings. The van der Waals surface area contributed by atoms with Gasteiger partial charge in [-0.3, -0.25) is 14.5 Å². The van der Waals surface area contributed by atoms with Crippen molar-refractivity contribution in [2.45, 2.75) is 19.9 Å². The number of nitrogens with one attached hydrogen (secondary N) is 1. The molecule has 1 amide bonds. The summed E-state index contributed by atoms with van der Waals surface area (Å²) in [5.74, 6) is 0.636. The van der Waals surface area contributed by atoms with Crippen molar-refractivity contribution in [3.8, 4) is 5.75 Å². The maximum atomic E-state index is 13.6. The number of amides is 1. The van der Waals surface area contributed by atoms with Crippen LogP contribution in [0, 0.1) is 6.92 Å². The number of hydrogen-bond acceptors (Lipinski definition) is 5. The number of carbonyl (C=O) groups is 2. The van der Waals surface area contributed by atoms with E-state index < -0.39 is 6.04 Å². The summed E-state index contributed by atoms with van der Waals surface area (Å²) < 4.78 is 5.46. The number of benzene rings is 3. The van der Waals surface area contributed by atoms with Crippen molar-refractivity contribution in [1.82, 2.24) is 4.90 Å². The summed E-state index contributed by atoms with van der Waals surface area (Å²) in [5, 5.41) is 3.11. The molecule has 4 rings (SSSR count). The second kappa shape index (κ2) is 10.5. The van der Waals surface area contributed by atoms with Crippen molar-refractivity contribution in [3.63, 3.8) is 0 Å². The number of Topliss-reactive ketones (excluding diaryl/α,β-unsaturated/α-hetero) is 1. The molecule has 3 aromatic rings. The second-order valence-electron chi connectivity index (χ2n) is 8.63. The lowest BCUT2D eigenvalue weighted by Crippen LogP contribution is -2.50. The summed E-state index contributed by atoms with van der Waals surface area (Å²) in [7, 11) is 1.61. The molecule has 1 atom stereocenters. The van der Waals surface area contributed by atoms with Gasteiger partial charge in [0, 0.05) is 37.4 Å². The van der Waals surface area contributed by atoms with Crippen molar-refractivity contribution < 1.29 is 14.3 Å². The monoisotopic (exact) mass is 457 g/mol. The van der Waals surface area contributed by atoms with E-state index in [9.17, 15) is 9.59 Å². The van der Waals surface area contributed by atoms with E-state index in [1.165, 1.54) is 0 Å². The number of piperazine rings is 1. The first kappa shape index (κ1) is 23.5. The minimum absolute atomic E-state index is 0.0679. The van der Waals surface area contributed by atoms with E-state index in [0.29, 0.717) is 11.4 Å². The molecule has 0 spiro atoms. The normalized spacial score (nSPS) is 15.0. The molecule has 3 aromatic carbocycles. The molecule has 0 saturated carbocycles. The van der Waals surface area contributed by atoms with Crippen LogP contribution >= 0.6 is 0 Å². The molecule has 0 radical (unpaired) electrons. The Kier molecular flexibility index (Phi) is 7.28. The summed E-state index contributed by atoms with van der Waals surface area (Å²) in [4.78, 5) is 29.7. The molecule has 1 aliphatic heterocycles. The van der Waals surface area contributed by atoms with E-state index in [1.54, 1.807) is 14.0 Å². The quantitative estimate of drug-likeness (QED) is 0.521. The highest BCUT2D eigenvalue weighted by atomic mass is 16.5. The van der Waals surface area contributed by atoms with E-state index in [4.69, 9.17) is 4.74 Å². The van der Waals surface area contributed by atoms with Gasteiger partial charge in [-0.1, -0.05) is 36.4 Å². The molecule has 6 nitrogen and oxygen atoms in total. The Balaban J connectivity index is 1.52. The Morgan fingerprint density at radius 3 is 2.21 bits per heavy atom. The fourth-order valence-electron chi connectivity index (χ4n) is 4.43. The van der Waals surface area contributed by atoms with E-state index in [2.05, 4.69) is 15.1 Å².